The quantitative estimate of drug-likeness (QED) is 0.741. The second-order valence-corrected chi connectivity index (χ2v) is 5.21. The molecule has 0 aromatic heterocycles. The molecule has 1 fully saturated rings. The molecular formula is C13H16ClNO4. The molecule has 2 rings (SSSR count). The number of carbonyl (C=O) groups excluding carboxylic acids is 1. The zero-order valence-electron chi connectivity index (χ0n) is 10.3. The zero-order chi connectivity index (χ0) is 14.0. The summed E-state index contributed by atoms with van der Waals surface area (Å²) in [5, 5.41) is 28.6. The zero-order valence-corrected chi connectivity index (χ0v) is 11.0. The van der Waals surface area contributed by atoms with Crippen molar-refractivity contribution in [1.82, 2.24) is 4.90 Å². The maximum Gasteiger partial charge on any atom is 0.227 e. The van der Waals surface area contributed by atoms with Crippen molar-refractivity contribution in [3.8, 4) is 5.75 Å². The number of hydrogen-bond acceptors (Lipinski definition) is 4. The van der Waals surface area contributed by atoms with Crippen molar-refractivity contribution in [2.45, 2.75) is 25.0 Å². The lowest BCUT2D eigenvalue weighted by Gasteiger charge is -2.33. The van der Waals surface area contributed by atoms with E-state index in [4.69, 9.17) is 11.6 Å². The Hall–Kier alpha value is -1.30. The van der Waals surface area contributed by atoms with Gasteiger partial charge in [-0.15, -0.1) is 0 Å². The SMILES string of the molecule is O=C(Cc1ccc(O)c(Cl)c1)N1C[C@H](O)C[C@@H](O)C1. The van der Waals surface area contributed by atoms with Gasteiger partial charge in [0.15, 0.2) is 0 Å². The number of phenolic OH excluding ortho intramolecular Hbond substituents is 1. The minimum atomic E-state index is -0.684. The topological polar surface area (TPSA) is 81.0 Å². The number of halogens is 1. The minimum Gasteiger partial charge on any atom is -0.506 e. The molecular weight excluding hydrogens is 270 g/mol. The van der Waals surface area contributed by atoms with Crippen LogP contribution in [0.4, 0.5) is 0 Å². The molecule has 1 saturated heterocycles. The number of hydrogen-bond donors (Lipinski definition) is 3. The molecule has 19 heavy (non-hydrogen) atoms. The van der Waals surface area contributed by atoms with Gasteiger partial charge in [0.2, 0.25) is 5.91 Å². The molecule has 0 aliphatic carbocycles. The molecule has 3 N–H and O–H groups in total. The largest absolute Gasteiger partial charge is 0.506 e. The minimum absolute atomic E-state index is 0.0262. The van der Waals surface area contributed by atoms with Gasteiger partial charge in [0.05, 0.1) is 23.7 Å². The Labute approximate surface area is 116 Å². The van der Waals surface area contributed by atoms with E-state index in [9.17, 15) is 20.1 Å². The first kappa shape index (κ1) is 14.1. The Morgan fingerprint density at radius 2 is 1.95 bits per heavy atom. The predicted molar refractivity (Wildman–Crippen MR) is 70.0 cm³/mol. The number of piperidine rings is 1. The highest BCUT2D eigenvalue weighted by Crippen LogP contribution is 2.24. The van der Waals surface area contributed by atoms with Crippen molar-refractivity contribution in [1.29, 1.82) is 0 Å². The molecule has 1 aromatic rings. The van der Waals surface area contributed by atoms with Crippen LogP contribution in [0.1, 0.15) is 12.0 Å². The summed E-state index contributed by atoms with van der Waals surface area (Å²) in [6, 6.07) is 4.59. The Morgan fingerprint density at radius 1 is 1.32 bits per heavy atom. The molecule has 0 unspecified atom stereocenters. The number of aliphatic hydroxyl groups excluding tert-OH is 2. The van der Waals surface area contributed by atoms with Crippen molar-refractivity contribution in [3.05, 3.63) is 28.8 Å². The van der Waals surface area contributed by atoms with Gasteiger partial charge in [0, 0.05) is 19.5 Å². The third-order valence-electron chi connectivity index (χ3n) is 3.13. The van der Waals surface area contributed by atoms with Gasteiger partial charge >= 0.3 is 0 Å². The van der Waals surface area contributed by atoms with Crippen LogP contribution in [0.15, 0.2) is 18.2 Å². The molecule has 5 nitrogen and oxygen atoms in total. The molecule has 0 bridgehead atoms. The van der Waals surface area contributed by atoms with E-state index < -0.39 is 12.2 Å². The summed E-state index contributed by atoms with van der Waals surface area (Å²) < 4.78 is 0. The average Bonchev–Trinajstić information content (AvgIpc) is 2.32. The summed E-state index contributed by atoms with van der Waals surface area (Å²) in [7, 11) is 0. The molecule has 6 heteroatoms. The Morgan fingerprint density at radius 3 is 2.53 bits per heavy atom. The van der Waals surface area contributed by atoms with Crippen LogP contribution in [0.2, 0.25) is 5.02 Å². The van der Waals surface area contributed by atoms with Gasteiger partial charge in [0.25, 0.3) is 0 Å². The van der Waals surface area contributed by atoms with Crippen molar-refractivity contribution in [2.24, 2.45) is 0 Å². The number of carbonyl (C=O) groups is 1. The van der Waals surface area contributed by atoms with Crippen LogP contribution >= 0.6 is 11.6 Å². The normalized spacial score (nSPS) is 23.4. The number of benzene rings is 1. The highest BCUT2D eigenvalue weighted by molar-refractivity contribution is 6.32. The van der Waals surface area contributed by atoms with E-state index in [1.165, 1.54) is 17.0 Å². The van der Waals surface area contributed by atoms with Crippen molar-refractivity contribution >= 4 is 17.5 Å². The second-order valence-electron chi connectivity index (χ2n) is 4.80. The first-order valence-corrected chi connectivity index (χ1v) is 6.45. The highest BCUT2D eigenvalue weighted by atomic mass is 35.5. The first-order valence-electron chi connectivity index (χ1n) is 6.07. The van der Waals surface area contributed by atoms with Crippen molar-refractivity contribution < 1.29 is 20.1 Å². The van der Waals surface area contributed by atoms with E-state index in [2.05, 4.69) is 0 Å². The van der Waals surface area contributed by atoms with Gasteiger partial charge in [-0.05, 0) is 17.7 Å². The van der Waals surface area contributed by atoms with Gasteiger partial charge in [-0.1, -0.05) is 17.7 Å². The molecule has 1 aromatic carbocycles. The van der Waals surface area contributed by atoms with E-state index in [1.54, 1.807) is 6.07 Å². The van der Waals surface area contributed by atoms with E-state index in [0.29, 0.717) is 12.0 Å². The summed E-state index contributed by atoms with van der Waals surface area (Å²) >= 11 is 5.77. The molecule has 1 aliphatic heterocycles. The smallest absolute Gasteiger partial charge is 0.227 e. The Kier molecular flexibility index (Phi) is 4.29. The second kappa shape index (κ2) is 5.77. The molecule has 1 heterocycles. The lowest BCUT2D eigenvalue weighted by atomic mass is 10.0. The maximum atomic E-state index is 12.1. The number of aliphatic hydroxyl groups is 2. The summed E-state index contributed by atoms with van der Waals surface area (Å²) in [6.07, 6.45) is -0.943. The molecule has 104 valence electrons. The molecule has 1 aliphatic rings. The number of amides is 1. The van der Waals surface area contributed by atoms with Crippen LogP contribution in [0.3, 0.4) is 0 Å². The fourth-order valence-corrected chi connectivity index (χ4v) is 2.40. The van der Waals surface area contributed by atoms with Crippen LogP contribution in [0.25, 0.3) is 0 Å². The van der Waals surface area contributed by atoms with Crippen LogP contribution in [-0.4, -0.2) is 51.4 Å². The fourth-order valence-electron chi connectivity index (χ4n) is 2.20. The van der Waals surface area contributed by atoms with E-state index in [-0.39, 0.29) is 36.2 Å². The van der Waals surface area contributed by atoms with E-state index in [1.807, 2.05) is 0 Å². The lowest BCUT2D eigenvalue weighted by Crippen LogP contribution is -2.48. The average molecular weight is 286 g/mol. The molecule has 0 saturated carbocycles. The predicted octanol–water partition coefficient (Wildman–Crippen LogP) is 0.542. The number of nitrogens with zero attached hydrogens (tertiary/aromatic N) is 1. The third-order valence-corrected chi connectivity index (χ3v) is 3.43. The van der Waals surface area contributed by atoms with Crippen LogP contribution < -0.4 is 0 Å². The van der Waals surface area contributed by atoms with Crippen LogP contribution in [0.5, 0.6) is 5.75 Å². The van der Waals surface area contributed by atoms with Gasteiger partial charge in [0.1, 0.15) is 5.75 Å². The van der Waals surface area contributed by atoms with E-state index >= 15 is 0 Å². The fraction of sp³-hybridized carbons (Fsp3) is 0.462. The lowest BCUT2D eigenvalue weighted by molar-refractivity contribution is -0.136. The van der Waals surface area contributed by atoms with Gasteiger partial charge < -0.3 is 20.2 Å². The summed E-state index contributed by atoms with van der Waals surface area (Å²) in [6.45, 7) is 0.476. The molecule has 2 atom stereocenters. The van der Waals surface area contributed by atoms with Gasteiger partial charge in [-0.2, -0.15) is 0 Å². The summed E-state index contributed by atoms with van der Waals surface area (Å²) in [4.78, 5) is 13.5. The number of likely N-dealkylation sites (tertiary alicyclic amines) is 1. The monoisotopic (exact) mass is 285 g/mol. The molecule has 0 radical (unpaired) electrons. The number of rotatable bonds is 2. The first-order chi connectivity index (χ1) is 8.95. The molecule has 1 amide bonds. The summed E-state index contributed by atoms with van der Waals surface area (Å²) in [5.74, 6) is -0.207. The number of phenols is 1. The number of aromatic hydroxyl groups is 1. The van der Waals surface area contributed by atoms with Gasteiger partial charge in [-0.25, -0.2) is 0 Å². The Balaban J connectivity index is 2.02. The summed E-state index contributed by atoms with van der Waals surface area (Å²) in [5.41, 5.74) is 0.683. The van der Waals surface area contributed by atoms with Gasteiger partial charge in [-0.3, -0.25) is 4.79 Å². The van der Waals surface area contributed by atoms with Crippen molar-refractivity contribution in [3.63, 3.8) is 0 Å². The Bertz CT molecular complexity index is 470. The van der Waals surface area contributed by atoms with Crippen molar-refractivity contribution in [2.75, 3.05) is 13.1 Å². The van der Waals surface area contributed by atoms with Crippen LogP contribution in [0, 0.1) is 0 Å². The maximum absolute atomic E-state index is 12.1. The highest BCUT2D eigenvalue weighted by Gasteiger charge is 2.27. The van der Waals surface area contributed by atoms with E-state index in [0.717, 1.165) is 0 Å². The van der Waals surface area contributed by atoms with Crippen LogP contribution in [-0.2, 0) is 11.2 Å². The molecule has 0 spiro atoms. The third kappa shape index (κ3) is 3.59. The number of β-amino-alcohol motifs (C(OH)–C–C–N with tert-alkyl or cyclic N) is 2. The standard InChI is InChI=1S/C13H16ClNO4/c14-11-3-8(1-2-12(11)18)4-13(19)15-6-9(16)5-10(17)7-15/h1-3,9-10,16-18H,4-7H2/t9-,10-/m1/s1.